The molecule has 0 atom stereocenters. The highest BCUT2D eigenvalue weighted by molar-refractivity contribution is 5.80. The maximum absolute atomic E-state index is 11.4. The molecule has 0 spiro atoms. The topological polar surface area (TPSA) is 75.5 Å². The highest BCUT2D eigenvalue weighted by atomic mass is 16.5. The molecule has 0 fully saturated rings. The van der Waals surface area contributed by atoms with Gasteiger partial charge in [0.1, 0.15) is 5.78 Å². The third-order valence-corrected chi connectivity index (χ3v) is 3.65. The second kappa shape index (κ2) is 11.3. The van der Waals surface area contributed by atoms with Gasteiger partial charge in [0.2, 0.25) is 0 Å². The normalized spacial score (nSPS) is 12.1. The van der Waals surface area contributed by atoms with Crippen molar-refractivity contribution in [2.75, 3.05) is 39.6 Å². The van der Waals surface area contributed by atoms with Crippen molar-refractivity contribution in [1.29, 1.82) is 0 Å². The number of Topliss-reactive ketones (excluding diaryl/α,β-unsaturated/α-hetero) is 1. The molecule has 0 bridgehead atoms. The third kappa shape index (κ3) is 9.67. The van der Waals surface area contributed by atoms with Crippen molar-refractivity contribution in [2.45, 2.75) is 53.0 Å². The minimum atomic E-state index is 0.0110. The predicted molar refractivity (Wildman–Crippen MR) is 95.6 cm³/mol. The lowest BCUT2D eigenvalue weighted by atomic mass is 9.93. The lowest BCUT2D eigenvalue weighted by Crippen LogP contribution is -2.14. The number of ketones is 1. The van der Waals surface area contributed by atoms with Crippen molar-refractivity contribution in [3.8, 4) is 0 Å². The van der Waals surface area contributed by atoms with Gasteiger partial charge < -0.3 is 14.2 Å². The number of carbonyl (C=O) groups excluding carboxylic acids is 1. The molecule has 25 heavy (non-hydrogen) atoms. The average Bonchev–Trinajstić information content (AvgIpc) is 3.01. The van der Waals surface area contributed by atoms with Gasteiger partial charge in [-0.1, -0.05) is 39.8 Å². The molecule has 7 heteroatoms. The molecule has 1 heterocycles. The molecule has 0 radical (unpaired) electrons. The van der Waals surface area contributed by atoms with E-state index in [1.165, 1.54) is 0 Å². The highest BCUT2D eigenvalue weighted by Gasteiger charge is 2.17. The van der Waals surface area contributed by atoms with Crippen LogP contribution < -0.4 is 0 Å². The molecule has 0 unspecified atom stereocenters. The Morgan fingerprint density at radius 3 is 2.12 bits per heavy atom. The van der Waals surface area contributed by atoms with Crippen molar-refractivity contribution in [2.24, 2.45) is 5.92 Å². The first-order valence-electron chi connectivity index (χ1n) is 8.97. The zero-order valence-corrected chi connectivity index (χ0v) is 16.3. The molecular weight excluding hydrogens is 322 g/mol. The van der Waals surface area contributed by atoms with Crippen LogP contribution in [0.15, 0.2) is 6.20 Å². The second-order valence-electron chi connectivity index (χ2n) is 7.32. The van der Waals surface area contributed by atoms with Gasteiger partial charge >= 0.3 is 0 Å². The minimum Gasteiger partial charge on any atom is -0.379 e. The molecule has 7 nitrogen and oxygen atoms in total. The summed E-state index contributed by atoms with van der Waals surface area (Å²) in [4.78, 5) is 11.4. The van der Waals surface area contributed by atoms with E-state index >= 15 is 0 Å². The molecule has 1 aromatic heterocycles. The zero-order valence-electron chi connectivity index (χ0n) is 16.3. The summed E-state index contributed by atoms with van der Waals surface area (Å²) in [5, 5.41) is 8.27. The third-order valence-electron chi connectivity index (χ3n) is 3.65. The van der Waals surface area contributed by atoms with Crippen LogP contribution in [0.4, 0.5) is 0 Å². The highest BCUT2D eigenvalue weighted by Crippen LogP contribution is 2.18. The van der Waals surface area contributed by atoms with Gasteiger partial charge in [-0.05, 0) is 0 Å². The molecule has 0 amide bonds. The summed E-state index contributed by atoms with van der Waals surface area (Å²) >= 11 is 0. The summed E-state index contributed by atoms with van der Waals surface area (Å²) in [5.41, 5.74) is 0.989. The van der Waals surface area contributed by atoms with Crippen LogP contribution in [-0.4, -0.2) is 60.4 Å². The molecule has 0 aliphatic carbocycles. The Kier molecular flexibility index (Phi) is 9.85. The van der Waals surface area contributed by atoms with Gasteiger partial charge in [-0.15, -0.1) is 5.10 Å². The molecule has 0 aliphatic rings. The fourth-order valence-electron chi connectivity index (χ4n) is 1.91. The summed E-state index contributed by atoms with van der Waals surface area (Å²) in [6.45, 7) is 13.9. The first kappa shape index (κ1) is 21.7. The van der Waals surface area contributed by atoms with Crippen LogP contribution in [0, 0.1) is 5.92 Å². The quantitative estimate of drug-likeness (QED) is 0.505. The number of rotatable bonds is 13. The van der Waals surface area contributed by atoms with E-state index in [0.29, 0.717) is 52.6 Å². The standard InChI is InChI=1S/C18H33N3O4/c1-15(2)16(22)6-8-23-10-12-25-13-11-24-9-7-21-14-17(19-20-21)18(3,4)5/h14-15H,6-13H2,1-5H3. The van der Waals surface area contributed by atoms with Gasteiger partial charge in [0.25, 0.3) is 0 Å². The Bertz CT molecular complexity index is 495. The van der Waals surface area contributed by atoms with Crippen molar-refractivity contribution >= 4 is 5.78 Å². The SMILES string of the molecule is CC(C)C(=O)CCOCCOCCOCCn1cc(C(C)(C)C)nn1. The van der Waals surface area contributed by atoms with E-state index in [1.807, 2.05) is 20.0 Å². The van der Waals surface area contributed by atoms with Crippen molar-refractivity contribution < 1.29 is 19.0 Å². The summed E-state index contributed by atoms with van der Waals surface area (Å²) in [5.74, 6) is 0.311. The van der Waals surface area contributed by atoms with Gasteiger partial charge in [-0.25, -0.2) is 4.68 Å². The van der Waals surface area contributed by atoms with E-state index in [1.54, 1.807) is 4.68 Å². The van der Waals surface area contributed by atoms with Gasteiger partial charge in [0, 0.05) is 24.0 Å². The number of carbonyl (C=O) groups is 1. The lowest BCUT2D eigenvalue weighted by Gasteiger charge is -2.12. The molecule has 0 saturated heterocycles. The van der Waals surface area contributed by atoms with E-state index in [0.717, 1.165) is 5.69 Å². The molecular formula is C18H33N3O4. The monoisotopic (exact) mass is 355 g/mol. The van der Waals surface area contributed by atoms with Crippen LogP contribution >= 0.6 is 0 Å². The first-order valence-corrected chi connectivity index (χ1v) is 8.97. The Hall–Kier alpha value is -1.31. The van der Waals surface area contributed by atoms with Crippen LogP contribution in [0.2, 0.25) is 0 Å². The van der Waals surface area contributed by atoms with Gasteiger partial charge in [-0.3, -0.25) is 4.79 Å². The fourth-order valence-corrected chi connectivity index (χ4v) is 1.91. The number of aromatic nitrogens is 3. The Morgan fingerprint density at radius 1 is 1.04 bits per heavy atom. The summed E-state index contributed by atoms with van der Waals surface area (Å²) in [7, 11) is 0. The molecule has 0 aromatic carbocycles. The van der Waals surface area contributed by atoms with Gasteiger partial charge in [0.15, 0.2) is 0 Å². The number of hydrogen-bond acceptors (Lipinski definition) is 6. The molecule has 1 aromatic rings. The summed E-state index contributed by atoms with van der Waals surface area (Å²) in [6.07, 6.45) is 2.43. The Morgan fingerprint density at radius 2 is 1.60 bits per heavy atom. The predicted octanol–water partition coefficient (Wildman–Crippen LogP) is 2.24. The van der Waals surface area contributed by atoms with E-state index in [4.69, 9.17) is 14.2 Å². The van der Waals surface area contributed by atoms with E-state index in [2.05, 4.69) is 31.1 Å². The second-order valence-corrected chi connectivity index (χ2v) is 7.32. The van der Waals surface area contributed by atoms with Crippen molar-refractivity contribution in [3.05, 3.63) is 11.9 Å². The molecule has 144 valence electrons. The molecule has 0 saturated carbocycles. The molecule has 1 rings (SSSR count). The van der Waals surface area contributed by atoms with Crippen LogP contribution in [0.1, 0.15) is 46.7 Å². The fraction of sp³-hybridized carbons (Fsp3) is 0.833. The van der Waals surface area contributed by atoms with Crippen LogP contribution in [-0.2, 0) is 31.0 Å². The largest absolute Gasteiger partial charge is 0.379 e. The maximum atomic E-state index is 11.4. The Labute approximate surface area is 151 Å². The first-order chi connectivity index (χ1) is 11.8. The Balaban J connectivity index is 1.92. The number of hydrogen-bond donors (Lipinski definition) is 0. The van der Waals surface area contributed by atoms with Crippen LogP contribution in [0.5, 0.6) is 0 Å². The van der Waals surface area contributed by atoms with Crippen molar-refractivity contribution in [1.82, 2.24) is 15.0 Å². The van der Waals surface area contributed by atoms with Crippen LogP contribution in [0.3, 0.4) is 0 Å². The summed E-state index contributed by atoms with van der Waals surface area (Å²) < 4.78 is 18.1. The van der Waals surface area contributed by atoms with Crippen molar-refractivity contribution in [3.63, 3.8) is 0 Å². The zero-order chi connectivity index (χ0) is 18.7. The van der Waals surface area contributed by atoms with Crippen LogP contribution in [0.25, 0.3) is 0 Å². The van der Waals surface area contributed by atoms with Gasteiger partial charge in [-0.2, -0.15) is 0 Å². The van der Waals surface area contributed by atoms with E-state index in [9.17, 15) is 4.79 Å². The molecule has 0 N–H and O–H groups in total. The van der Waals surface area contributed by atoms with E-state index < -0.39 is 0 Å². The average molecular weight is 355 g/mol. The number of ether oxygens (including phenoxy) is 3. The minimum absolute atomic E-state index is 0.0110. The van der Waals surface area contributed by atoms with Gasteiger partial charge in [0.05, 0.1) is 51.9 Å². The maximum Gasteiger partial charge on any atom is 0.137 e. The smallest absolute Gasteiger partial charge is 0.137 e. The summed E-state index contributed by atoms with van der Waals surface area (Å²) in [6, 6.07) is 0. The lowest BCUT2D eigenvalue weighted by molar-refractivity contribution is -0.123. The molecule has 0 aliphatic heterocycles. The van der Waals surface area contributed by atoms with E-state index in [-0.39, 0.29) is 17.1 Å². The number of nitrogens with zero attached hydrogens (tertiary/aromatic N) is 3.